The molecule has 1 aliphatic rings. The minimum atomic E-state index is -0.857. The van der Waals surface area contributed by atoms with Crippen molar-refractivity contribution in [3.63, 3.8) is 0 Å². The predicted octanol–water partition coefficient (Wildman–Crippen LogP) is 2.39. The van der Waals surface area contributed by atoms with Gasteiger partial charge in [-0.2, -0.15) is 0 Å². The summed E-state index contributed by atoms with van der Waals surface area (Å²) >= 11 is 0. The number of carbonyl (C=O) groups excluding carboxylic acids is 1. The summed E-state index contributed by atoms with van der Waals surface area (Å²) in [5.41, 5.74) is 1.57. The van der Waals surface area contributed by atoms with Crippen molar-refractivity contribution in [1.82, 2.24) is 15.2 Å². The molecule has 1 N–H and O–H groups in total. The van der Waals surface area contributed by atoms with E-state index in [1.165, 1.54) is 6.07 Å². The standard InChI is InChI=1S/C17H18F2N4O/c18-15-4-3-14(10-16(15)19)22-6-8-23(9-7-22)17(24)21-12-13-2-1-5-20-11-13/h1-5,10-11H,6-9,12H2,(H,21,24). The maximum atomic E-state index is 13.3. The van der Waals surface area contributed by atoms with Gasteiger partial charge in [0.25, 0.3) is 0 Å². The Bertz CT molecular complexity index is 703. The number of hydrogen-bond donors (Lipinski definition) is 1. The Kier molecular flexibility index (Phi) is 4.88. The summed E-state index contributed by atoms with van der Waals surface area (Å²) in [6.07, 6.45) is 3.39. The number of amides is 2. The zero-order valence-electron chi connectivity index (χ0n) is 13.1. The lowest BCUT2D eigenvalue weighted by molar-refractivity contribution is 0.194. The predicted molar refractivity (Wildman–Crippen MR) is 86.6 cm³/mol. The summed E-state index contributed by atoms with van der Waals surface area (Å²) in [4.78, 5) is 19.8. The number of carbonyl (C=O) groups is 1. The smallest absolute Gasteiger partial charge is 0.317 e. The molecule has 1 aromatic carbocycles. The molecular formula is C17H18F2N4O. The van der Waals surface area contributed by atoms with Crippen LogP contribution < -0.4 is 10.2 Å². The summed E-state index contributed by atoms with van der Waals surface area (Å²) < 4.78 is 26.3. The Morgan fingerprint density at radius 1 is 1.12 bits per heavy atom. The van der Waals surface area contributed by atoms with Gasteiger partial charge in [-0.1, -0.05) is 6.07 Å². The molecule has 2 aromatic rings. The maximum Gasteiger partial charge on any atom is 0.317 e. The summed E-state index contributed by atoms with van der Waals surface area (Å²) in [5, 5.41) is 2.86. The molecule has 7 heteroatoms. The van der Waals surface area contributed by atoms with E-state index in [2.05, 4.69) is 10.3 Å². The number of rotatable bonds is 3. The SMILES string of the molecule is O=C(NCc1cccnc1)N1CCN(c2ccc(F)c(F)c2)CC1. The molecule has 5 nitrogen and oxygen atoms in total. The van der Waals surface area contributed by atoms with Crippen molar-refractivity contribution in [1.29, 1.82) is 0 Å². The molecule has 0 bridgehead atoms. The molecule has 24 heavy (non-hydrogen) atoms. The van der Waals surface area contributed by atoms with E-state index < -0.39 is 11.6 Å². The molecule has 2 amide bonds. The quantitative estimate of drug-likeness (QED) is 0.939. The summed E-state index contributed by atoms with van der Waals surface area (Å²) in [5.74, 6) is -1.71. The lowest BCUT2D eigenvalue weighted by Crippen LogP contribution is -2.51. The van der Waals surface area contributed by atoms with Crippen LogP contribution >= 0.6 is 0 Å². The second-order valence-electron chi connectivity index (χ2n) is 5.59. The van der Waals surface area contributed by atoms with Crippen molar-refractivity contribution in [3.05, 3.63) is 59.9 Å². The zero-order valence-corrected chi connectivity index (χ0v) is 13.1. The van der Waals surface area contributed by atoms with Gasteiger partial charge < -0.3 is 15.1 Å². The van der Waals surface area contributed by atoms with Crippen LogP contribution in [0.25, 0.3) is 0 Å². The third-order valence-corrected chi connectivity index (χ3v) is 4.00. The first-order chi connectivity index (χ1) is 11.6. The van der Waals surface area contributed by atoms with Crippen molar-refractivity contribution >= 4 is 11.7 Å². The highest BCUT2D eigenvalue weighted by atomic mass is 19.2. The van der Waals surface area contributed by atoms with Crippen molar-refractivity contribution < 1.29 is 13.6 Å². The maximum absolute atomic E-state index is 13.3. The van der Waals surface area contributed by atoms with Crippen molar-refractivity contribution in [2.75, 3.05) is 31.1 Å². The average Bonchev–Trinajstić information content (AvgIpc) is 2.63. The van der Waals surface area contributed by atoms with Crippen LogP contribution in [0.4, 0.5) is 19.3 Å². The number of pyridine rings is 1. The van der Waals surface area contributed by atoms with Crippen LogP contribution in [0.2, 0.25) is 0 Å². The van der Waals surface area contributed by atoms with Gasteiger partial charge in [-0.05, 0) is 23.8 Å². The molecule has 1 aromatic heterocycles. The fraction of sp³-hybridized carbons (Fsp3) is 0.294. The summed E-state index contributed by atoms with van der Waals surface area (Å²) in [6, 6.07) is 7.45. The Morgan fingerprint density at radius 2 is 1.92 bits per heavy atom. The van der Waals surface area contributed by atoms with E-state index in [1.54, 1.807) is 23.4 Å². The molecule has 0 radical (unpaired) electrons. The van der Waals surface area contributed by atoms with Crippen LogP contribution in [0.3, 0.4) is 0 Å². The molecule has 1 aliphatic heterocycles. The number of hydrogen-bond acceptors (Lipinski definition) is 3. The van der Waals surface area contributed by atoms with E-state index in [1.807, 2.05) is 17.0 Å². The second-order valence-corrected chi connectivity index (χ2v) is 5.59. The van der Waals surface area contributed by atoms with E-state index in [0.717, 1.165) is 11.6 Å². The molecule has 0 saturated carbocycles. The number of halogens is 2. The number of nitrogens with one attached hydrogen (secondary N) is 1. The van der Waals surface area contributed by atoms with E-state index in [9.17, 15) is 13.6 Å². The summed E-state index contributed by atoms with van der Waals surface area (Å²) in [7, 11) is 0. The topological polar surface area (TPSA) is 48.5 Å². The Hall–Kier alpha value is -2.70. The number of aromatic nitrogens is 1. The Labute approximate surface area is 138 Å². The van der Waals surface area contributed by atoms with Crippen LogP contribution in [-0.4, -0.2) is 42.1 Å². The molecule has 126 valence electrons. The molecule has 0 unspecified atom stereocenters. The molecule has 2 heterocycles. The second kappa shape index (κ2) is 7.25. The van der Waals surface area contributed by atoms with Gasteiger partial charge in [-0.3, -0.25) is 4.98 Å². The third-order valence-electron chi connectivity index (χ3n) is 4.00. The number of piperazine rings is 1. The average molecular weight is 332 g/mol. The van der Waals surface area contributed by atoms with Crippen LogP contribution in [0.15, 0.2) is 42.7 Å². The number of nitrogens with zero attached hydrogens (tertiary/aromatic N) is 3. The minimum absolute atomic E-state index is 0.135. The minimum Gasteiger partial charge on any atom is -0.368 e. The Balaban J connectivity index is 1.51. The fourth-order valence-electron chi connectivity index (χ4n) is 2.64. The van der Waals surface area contributed by atoms with Gasteiger partial charge in [0, 0.05) is 56.9 Å². The largest absolute Gasteiger partial charge is 0.368 e. The van der Waals surface area contributed by atoms with Crippen LogP contribution in [0.1, 0.15) is 5.56 Å². The van der Waals surface area contributed by atoms with Gasteiger partial charge in [-0.25, -0.2) is 13.6 Å². The van der Waals surface area contributed by atoms with Crippen molar-refractivity contribution in [2.24, 2.45) is 0 Å². The van der Waals surface area contributed by atoms with Crippen LogP contribution in [-0.2, 0) is 6.54 Å². The molecule has 0 spiro atoms. The Morgan fingerprint density at radius 3 is 2.58 bits per heavy atom. The first-order valence-electron chi connectivity index (χ1n) is 7.75. The number of urea groups is 1. The van der Waals surface area contributed by atoms with E-state index in [-0.39, 0.29) is 6.03 Å². The molecule has 1 saturated heterocycles. The number of benzene rings is 1. The molecular weight excluding hydrogens is 314 g/mol. The first kappa shape index (κ1) is 16.2. The molecule has 0 aliphatic carbocycles. The van der Waals surface area contributed by atoms with Gasteiger partial charge in [0.2, 0.25) is 0 Å². The van der Waals surface area contributed by atoms with Gasteiger partial charge >= 0.3 is 6.03 Å². The third kappa shape index (κ3) is 3.79. The van der Waals surface area contributed by atoms with Gasteiger partial charge in [0.1, 0.15) is 0 Å². The van der Waals surface area contributed by atoms with E-state index in [0.29, 0.717) is 38.4 Å². The zero-order chi connectivity index (χ0) is 16.9. The van der Waals surface area contributed by atoms with E-state index >= 15 is 0 Å². The van der Waals surface area contributed by atoms with Crippen molar-refractivity contribution in [3.8, 4) is 0 Å². The molecule has 1 fully saturated rings. The van der Waals surface area contributed by atoms with Crippen LogP contribution in [0, 0.1) is 11.6 Å². The lowest BCUT2D eigenvalue weighted by Gasteiger charge is -2.36. The normalized spacial score (nSPS) is 14.6. The van der Waals surface area contributed by atoms with E-state index in [4.69, 9.17) is 0 Å². The molecule has 3 rings (SSSR count). The van der Waals surface area contributed by atoms with Crippen molar-refractivity contribution in [2.45, 2.75) is 6.54 Å². The highest BCUT2D eigenvalue weighted by Crippen LogP contribution is 2.19. The highest BCUT2D eigenvalue weighted by Gasteiger charge is 2.21. The summed E-state index contributed by atoms with van der Waals surface area (Å²) in [6.45, 7) is 2.63. The van der Waals surface area contributed by atoms with Gasteiger partial charge in [-0.15, -0.1) is 0 Å². The number of anilines is 1. The van der Waals surface area contributed by atoms with Gasteiger partial charge in [0.15, 0.2) is 11.6 Å². The first-order valence-corrected chi connectivity index (χ1v) is 7.75. The monoisotopic (exact) mass is 332 g/mol. The molecule has 0 atom stereocenters. The van der Waals surface area contributed by atoms with Gasteiger partial charge in [0.05, 0.1) is 0 Å². The highest BCUT2D eigenvalue weighted by molar-refractivity contribution is 5.74. The lowest BCUT2D eigenvalue weighted by atomic mass is 10.2. The van der Waals surface area contributed by atoms with Crippen LogP contribution in [0.5, 0.6) is 0 Å². The fourth-order valence-corrected chi connectivity index (χ4v) is 2.64.